The van der Waals surface area contributed by atoms with Crippen LogP contribution in [0.2, 0.25) is 0 Å². The van der Waals surface area contributed by atoms with Gasteiger partial charge in [-0.25, -0.2) is 4.39 Å². The maximum atomic E-state index is 13.3. The molecule has 0 aliphatic carbocycles. The molecule has 0 aliphatic rings. The van der Waals surface area contributed by atoms with Gasteiger partial charge in [-0.3, -0.25) is 9.59 Å². The number of halogens is 1. The van der Waals surface area contributed by atoms with Crippen LogP contribution >= 0.6 is 0 Å². The van der Waals surface area contributed by atoms with Gasteiger partial charge in [0.25, 0.3) is 0 Å². The number of unbranched alkanes of at least 4 members (excludes halogenated alkanes) is 1. The number of nitrogens with one attached hydrogen (secondary N) is 1. The van der Waals surface area contributed by atoms with E-state index in [1.165, 1.54) is 6.07 Å². The van der Waals surface area contributed by atoms with Crippen molar-refractivity contribution in [2.24, 2.45) is 0 Å². The largest absolute Gasteiger partial charge is 0.481 e. The maximum Gasteiger partial charge on any atom is 0.303 e. The van der Waals surface area contributed by atoms with E-state index in [1.54, 1.807) is 18.2 Å². The lowest BCUT2D eigenvalue weighted by Crippen LogP contribution is -2.25. The van der Waals surface area contributed by atoms with Gasteiger partial charge in [-0.2, -0.15) is 0 Å². The molecule has 2 N–H and O–H groups in total. The van der Waals surface area contributed by atoms with Gasteiger partial charge in [0.2, 0.25) is 5.91 Å². The highest BCUT2D eigenvalue weighted by molar-refractivity contribution is 5.75. The van der Waals surface area contributed by atoms with Crippen molar-refractivity contribution in [1.82, 2.24) is 5.32 Å². The van der Waals surface area contributed by atoms with Crippen molar-refractivity contribution in [3.63, 3.8) is 0 Å². The second-order valence-corrected chi connectivity index (χ2v) is 4.29. The van der Waals surface area contributed by atoms with E-state index in [9.17, 15) is 14.0 Å². The number of carboxylic acid groups (broad SMARTS) is 1. The van der Waals surface area contributed by atoms with Gasteiger partial charge in [-0.15, -0.1) is 0 Å². The zero-order valence-electron chi connectivity index (χ0n) is 10.7. The lowest BCUT2D eigenvalue weighted by molar-refractivity contribution is -0.137. The monoisotopic (exact) mass is 267 g/mol. The lowest BCUT2D eigenvalue weighted by atomic mass is 10.1. The number of benzene rings is 1. The van der Waals surface area contributed by atoms with Crippen molar-refractivity contribution in [3.8, 4) is 0 Å². The van der Waals surface area contributed by atoms with Gasteiger partial charge in [0.1, 0.15) is 5.82 Å². The summed E-state index contributed by atoms with van der Waals surface area (Å²) in [5.41, 5.74) is 0.577. The Morgan fingerprint density at radius 3 is 2.53 bits per heavy atom. The first-order chi connectivity index (χ1) is 9.09. The first kappa shape index (κ1) is 15.1. The quantitative estimate of drug-likeness (QED) is 0.709. The lowest BCUT2D eigenvalue weighted by Gasteiger charge is -2.05. The summed E-state index contributed by atoms with van der Waals surface area (Å²) in [5.74, 6) is -1.24. The van der Waals surface area contributed by atoms with E-state index in [4.69, 9.17) is 5.11 Å². The van der Waals surface area contributed by atoms with E-state index < -0.39 is 5.97 Å². The van der Waals surface area contributed by atoms with Crippen LogP contribution in [-0.4, -0.2) is 23.5 Å². The van der Waals surface area contributed by atoms with Crippen LogP contribution in [0.4, 0.5) is 4.39 Å². The molecule has 4 nitrogen and oxygen atoms in total. The van der Waals surface area contributed by atoms with Gasteiger partial charge < -0.3 is 10.4 Å². The van der Waals surface area contributed by atoms with Crippen LogP contribution in [0.25, 0.3) is 0 Å². The Balaban J connectivity index is 2.14. The summed E-state index contributed by atoms with van der Waals surface area (Å²) in [4.78, 5) is 21.7. The molecule has 0 saturated carbocycles. The molecule has 0 unspecified atom stereocenters. The van der Waals surface area contributed by atoms with E-state index in [2.05, 4.69) is 5.32 Å². The molecule has 104 valence electrons. The molecule has 1 rings (SSSR count). The number of aliphatic carboxylic acids is 1. The van der Waals surface area contributed by atoms with Gasteiger partial charge in [0.15, 0.2) is 0 Å². The first-order valence-corrected chi connectivity index (χ1v) is 6.31. The molecule has 19 heavy (non-hydrogen) atoms. The molecule has 0 aliphatic heterocycles. The Kier molecular flexibility index (Phi) is 6.57. The molecule has 0 spiro atoms. The Morgan fingerprint density at radius 2 is 1.84 bits per heavy atom. The fourth-order valence-corrected chi connectivity index (χ4v) is 1.69. The van der Waals surface area contributed by atoms with Gasteiger partial charge in [0, 0.05) is 19.4 Å². The molecule has 5 heteroatoms. The molecule has 1 aromatic carbocycles. The molecule has 0 saturated heterocycles. The molecule has 1 amide bonds. The van der Waals surface area contributed by atoms with Crippen LogP contribution in [0, 0.1) is 5.82 Å². The number of carboxylic acids is 1. The molecule has 0 radical (unpaired) electrons. The molecule has 0 atom stereocenters. The summed E-state index contributed by atoms with van der Waals surface area (Å²) in [6.45, 7) is 0.388. The van der Waals surface area contributed by atoms with Crippen LogP contribution in [0.1, 0.15) is 31.2 Å². The van der Waals surface area contributed by atoms with Crippen molar-refractivity contribution < 1.29 is 19.1 Å². The first-order valence-electron chi connectivity index (χ1n) is 6.31. The Hall–Kier alpha value is -1.91. The number of hydrogen-bond donors (Lipinski definition) is 2. The van der Waals surface area contributed by atoms with Crippen LogP contribution in [0.5, 0.6) is 0 Å². The van der Waals surface area contributed by atoms with E-state index in [-0.39, 0.29) is 18.1 Å². The van der Waals surface area contributed by atoms with Crippen LogP contribution in [-0.2, 0) is 16.0 Å². The normalized spacial score (nSPS) is 10.2. The smallest absolute Gasteiger partial charge is 0.303 e. The summed E-state index contributed by atoms with van der Waals surface area (Å²) >= 11 is 0. The number of hydrogen-bond acceptors (Lipinski definition) is 2. The molecule has 0 bridgehead atoms. The van der Waals surface area contributed by atoms with Crippen LogP contribution in [0.3, 0.4) is 0 Å². The highest BCUT2D eigenvalue weighted by Gasteiger charge is 2.04. The molecular formula is C14H18FNO3. The summed E-state index contributed by atoms with van der Waals surface area (Å²) in [7, 11) is 0. The minimum absolute atomic E-state index is 0.0858. The SMILES string of the molecule is O=C(O)CCCCC(=O)NCCc1ccccc1F. The topological polar surface area (TPSA) is 66.4 Å². The maximum absolute atomic E-state index is 13.3. The summed E-state index contributed by atoms with van der Waals surface area (Å²) in [5, 5.41) is 11.1. The Labute approximate surface area is 111 Å². The average Bonchev–Trinajstić information content (AvgIpc) is 2.37. The van der Waals surface area contributed by atoms with E-state index >= 15 is 0 Å². The zero-order chi connectivity index (χ0) is 14.1. The Bertz CT molecular complexity index is 434. The molecular weight excluding hydrogens is 249 g/mol. The van der Waals surface area contributed by atoms with Crippen LogP contribution in [0.15, 0.2) is 24.3 Å². The fourth-order valence-electron chi connectivity index (χ4n) is 1.69. The van der Waals surface area contributed by atoms with Crippen molar-refractivity contribution in [3.05, 3.63) is 35.6 Å². The Morgan fingerprint density at radius 1 is 1.16 bits per heavy atom. The number of carbonyl (C=O) groups is 2. The number of rotatable bonds is 8. The van der Waals surface area contributed by atoms with E-state index in [0.717, 1.165) is 0 Å². The zero-order valence-corrected chi connectivity index (χ0v) is 10.7. The minimum Gasteiger partial charge on any atom is -0.481 e. The van der Waals surface area contributed by atoms with Crippen molar-refractivity contribution >= 4 is 11.9 Å². The van der Waals surface area contributed by atoms with Gasteiger partial charge in [-0.1, -0.05) is 18.2 Å². The van der Waals surface area contributed by atoms with Gasteiger partial charge >= 0.3 is 5.97 Å². The molecule has 0 aromatic heterocycles. The summed E-state index contributed by atoms with van der Waals surface area (Å²) < 4.78 is 13.3. The molecule has 0 fully saturated rings. The standard InChI is InChI=1S/C14H18FNO3/c15-12-6-2-1-5-11(12)9-10-16-13(17)7-3-4-8-14(18)19/h1-2,5-6H,3-4,7-10H2,(H,16,17)(H,18,19). The minimum atomic E-state index is -0.847. The average molecular weight is 267 g/mol. The summed E-state index contributed by atoms with van der Waals surface area (Å²) in [6, 6.07) is 6.46. The van der Waals surface area contributed by atoms with Gasteiger partial charge in [-0.05, 0) is 30.9 Å². The van der Waals surface area contributed by atoms with Gasteiger partial charge in [0.05, 0.1) is 0 Å². The van der Waals surface area contributed by atoms with Crippen molar-refractivity contribution in [2.45, 2.75) is 32.1 Å². The third kappa shape index (κ3) is 6.55. The molecule has 1 aromatic rings. The van der Waals surface area contributed by atoms with Crippen LogP contribution < -0.4 is 5.32 Å². The third-order valence-corrected chi connectivity index (χ3v) is 2.72. The van der Waals surface area contributed by atoms with Crippen molar-refractivity contribution in [2.75, 3.05) is 6.54 Å². The van der Waals surface area contributed by atoms with E-state index in [1.807, 2.05) is 0 Å². The van der Waals surface area contributed by atoms with E-state index in [0.29, 0.717) is 37.8 Å². The predicted octanol–water partition coefficient (Wildman–Crippen LogP) is 2.13. The number of carbonyl (C=O) groups excluding carboxylic acids is 1. The van der Waals surface area contributed by atoms with Crippen molar-refractivity contribution in [1.29, 1.82) is 0 Å². The predicted molar refractivity (Wildman–Crippen MR) is 69.2 cm³/mol. The number of amides is 1. The highest BCUT2D eigenvalue weighted by atomic mass is 19.1. The third-order valence-electron chi connectivity index (χ3n) is 2.72. The fraction of sp³-hybridized carbons (Fsp3) is 0.429. The highest BCUT2D eigenvalue weighted by Crippen LogP contribution is 2.06. The second-order valence-electron chi connectivity index (χ2n) is 4.29. The second kappa shape index (κ2) is 8.24. The summed E-state index contributed by atoms with van der Waals surface area (Å²) in [6.07, 6.45) is 1.90. The molecule has 0 heterocycles.